The third-order valence-electron chi connectivity index (χ3n) is 5.66. The van der Waals surface area contributed by atoms with E-state index in [1.165, 1.54) is 0 Å². The van der Waals surface area contributed by atoms with Gasteiger partial charge in [0.15, 0.2) is 17.3 Å². The fraction of sp³-hybridized carbons (Fsp3) is 0.192. The van der Waals surface area contributed by atoms with Gasteiger partial charge in [-0.05, 0) is 47.4 Å². The largest absolute Gasteiger partial charge is 0.503 e. The second-order valence-corrected chi connectivity index (χ2v) is 7.96. The quantitative estimate of drug-likeness (QED) is 0.521. The van der Waals surface area contributed by atoms with Gasteiger partial charge >= 0.3 is 0 Å². The first-order chi connectivity index (χ1) is 15.5. The number of hydrogen-bond donors (Lipinski definition) is 1. The number of benzene rings is 3. The average Bonchev–Trinajstić information content (AvgIpc) is 3.08. The van der Waals surface area contributed by atoms with Crippen LogP contribution in [0.3, 0.4) is 0 Å². The number of nitrogens with zero attached hydrogens (tertiary/aromatic N) is 1. The first-order valence-electron chi connectivity index (χ1n) is 10.3. The molecule has 1 aliphatic heterocycles. The van der Waals surface area contributed by atoms with Crippen LogP contribution in [-0.2, 0) is 11.2 Å². The molecule has 1 aliphatic rings. The summed E-state index contributed by atoms with van der Waals surface area (Å²) in [7, 11) is 3.19. The van der Waals surface area contributed by atoms with Gasteiger partial charge in [-0.15, -0.1) is 0 Å². The summed E-state index contributed by atoms with van der Waals surface area (Å²) >= 11 is 6.10. The van der Waals surface area contributed by atoms with Crippen LogP contribution in [0, 0.1) is 0 Å². The van der Waals surface area contributed by atoms with Crippen LogP contribution in [0.4, 0.5) is 0 Å². The molecule has 0 radical (unpaired) electrons. The van der Waals surface area contributed by atoms with Crippen LogP contribution < -0.4 is 9.47 Å². The van der Waals surface area contributed by atoms with E-state index in [2.05, 4.69) is 0 Å². The minimum atomic E-state index is -0.415. The summed E-state index contributed by atoms with van der Waals surface area (Å²) in [5, 5.41) is 11.5. The number of methoxy groups -OCH3 is 2. The van der Waals surface area contributed by atoms with Gasteiger partial charge in [0.1, 0.15) is 0 Å². The van der Waals surface area contributed by atoms with E-state index in [1.807, 2.05) is 60.7 Å². The highest BCUT2D eigenvalue weighted by Crippen LogP contribution is 2.43. The normalized spacial score (nSPS) is 15.9. The van der Waals surface area contributed by atoms with Gasteiger partial charge in [0, 0.05) is 17.1 Å². The predicted molar refractivity (Wildman–Crippen MR) is 125 cm³/mol. The van der Waals surface area contributed by atoms with E-state index in [4.69, 9.17) is 21.1 Å². The van der Waals surface area contributed by atoms with Gasteiger partial charge in [-0.2, -0.15) is 0 Å². The molecule has 0 spiro atoms. The van der Waals surface area contributed by atoms with Gasteiger partial charge in [0.05, 0.1) is 20.3 Å². The molecule has 0 saturated carbocycles. The van der Waals surface area contributed by atoms with Gasteiger partial charge in [0.2, 0.25) is 0 Å². The number of amides is 1. The van der Waals surface area contributed by atoms with Crippen molar-refractivity contribution in [1.82, 2.24) is 4.90 Å². The fourth-order valence-electron chi connectivity index (χ4n) is 4.07. The van der Waals surface area contributed by atoms with Gasteiger partial charge in [-0.1, -0.05) is 60.1 Å². The smallest absolute Gasteiger partial charge is 0.289 e. The molecule has 0 saturated heterocycles. The zero-order valence-electron chi connectivity index (χ0n) is 17.9. The zero-order chi connectivity index (χ0) is 22.7. The topological polar surface area (TPSA) is 59.0 Å². The lowest BCUT2D eigenvalue weighted by Crippen LogP contribution is -2.32. The van der Waals surface area contributed by atoms with E-state index < -0.39 is 6.04 Å². The molecule has 1 amide bonds. The SMILES string of the molecule is COc1ccc(CCN2C(=O)C(O)=C(c3ccccc3)C2c2ccc(Cl)cc2)cc1OC. The number of ether oxygens (including phenoxy) is 2. The van der Waals surface area contributed by atoms with Crippen LogP contribution >= 0.6 is 11.6 Å². The summed E-state index contributed by atoms with van der Waals surface area (Å²) in [6.45, 7) is 0.419. The van der Waals surface area contributed by atoms with E-state index in [0.717, 1.165) is 16.7 Å². The number of rotatable bonds is 7. The molecule has 1 N–H and O–H groups in total. The summed E-state index contributed by atoms with van der Waals surface area (Å²) in [5.74, 6) is 0.684. The van der Waals surface area contributed by atoms with Gasteiger partial charge < -0.3 is 19.5 Å². The Balaban J connectivity index is 1.68. The highest BCUT2D eigenvalue weighted by Gasteiger charge is 2.40. The Labute approximate surface area is 192 Å². The molecule has 0 bridgehead atoms. The molecule has 3 aromatic carbocycles. The molecule has 0 fully saturated rings. The first kappa shape index (κ1) is 21.8. The molecule has 0 aliphatic carbocycles. The maximum atomic E-state index is 13.1. The van der Waals surface area contributed by atoms with Crippen LogP contribution in [0.25, 0.3) is 5.57 Å². The fourth-order valence-corrected chi connectivity index (χ4v) is 4.20. The summed E-state index contributed by atoms with van der Waals surface area (Å²) in [5.41, 5.74) is 3.30. The van der Waals surface area contributed by atoms with Crippen LogP contribution in [0.15, 0.2) is 78.6 Å². The number of hydrogen-bond acceptors (Lipinski definition) is 4. The van der Waals surface area contributed by atoms with Crippen LogP contribution in [0.2, 0.25) is 5.02 Å². The summed E-state index contributed by atoms with van der Waals surface area (Å²) < 4.78 is 10.7. The van der Waals surface area contributed by atoms with E-state index in [-0.39, 0.29) is 11.7 Å². The van der Waals surface area contributed by atoms with Gasteiger partial charge in [-0.25, -0.2) is 0 Å². The highest BCUT2D eigenvalue weighted by molar-refractivity contribution is 6.30. The summed E-state index contributed by atoms with van der Waals surface area (Å²) in [6.07, 6.45) is 0.589. The summed E-state index contributed by atoms with van der Waals surface area (Å²) in [4.78, 5) is 14.8. The zero-order valence-corrected chi connectivity index (χ0v) is 18.7. The van der Waals surface area contributed by atoms with E-state index in [1.54, 1.807) is 31.3 Å². The van der Waals surface area contributed by atoms with Crippen LogP contribution in [-0.4, -0.2) is 36.7 Å². The lowest BCUT2D eigenvalue weighted by atomic mass is 9.93. The van der Waals surface area contributed by atoms with Crippen molar-refractivity contribution in [2.24, 2.45) is 0 Å². The Morgan fingerprint density at radius 1 is 0.938 bits per heavy atom. The Bertz CT molecular complexity index is 1140. The van der Waals surface area contributed by atoms with Crippen molar-refractivity contribution in [3.8, 4) is 11.5 Å². The maximum Gasteiger partial charge on any atom is 0.289 e. The number of halogens is 1. The second-order valence-electron chi connectivity index (χ2n) is 7.52. The van der Waals surface area contributed by atoms with Crippen molar-refractivity contribution in [2.45, 2.75) is 12.5 Å². The van der Waals surface area contributed by atoms with Crippen molar-refractivity contribution < 1.29 is 19.4 Å². The Kier molecular flexibility index (Phi) is 6.37. The minimum absolute atomic E-state index is 0.219. The van der Waals surface area contributed by atoms with Crippen molar-refractivity contribution in [2.75, 3.05) is 20.8 Å². The lowest BCUT2D eigenvalue weighted by molar-refractivity contribution is -0.129. The standard InChI is InChI=1S/C26H24ClNO4/c1-31-21-13-8-17(16-22(21)32-2)14-15-28-24(19-9-11-20(27)12-10-19)23(25(29)26(28)30)18-6-4-3-5-7-18/h3-13,16,24,29H,14-15H2,1-2H3. The second kappa shape index (κ2) is 9.37. The molecule has 3 aromatic rings. The molecule has 6 heteroatoms. The highest BCUT2D eigenvalue weighted by atomic mass is 35.5. The number of aliphatic hydroxyl groups excluding tert-OH is 1. The third-order valence-corrected chi connectivity index (χ3v) is 5.92. The molecule has 1 atom stereocenters. The van der Waals surface area contributed by atoms with Gasteiger partial charge in [0.25, 0.3) is 5.91 Å². The van der Waals surface area contributed by atoms with Crippen molar-refractivity contribution in [1.29, 1.82) is 0 Å². The van der Waals surface area contributed by atoms with Gasteiger partial charge in [-0.3, -0.25) is 4.79 Å². The van der Waals surface area contributed by atoms with Crippen molar-refractivity contribution in [3.63, 3.8) is 0 Å². The number of carbonyl (C=O) groups is 1. The molecule has 164 valence electrons. The molecule has 4 rings (SSSR count). The van der Waals surface area contributed by atoms with Crippen LogP contribution in [0.5, 0.6) is 11.5 Å². The Hall–Kier alpha value is -3.44. The number of aliphatic hydroxyl groups is 1. The monoisotopic (exact) mass is 449 g/mol. The lowest BCUT2D eigenvalue weighted by Gasteiger charge is -2.27. The molecule has 0 aromatic heterocycles. The first-order valence-corrected chi connectivity index (χ1v) is 10.7. The Morgan fingerprint density at radius 3 is 2.28 bits per heavy atom. The third kappa shape index (κ3) is 4.16. The minimum Gasteiger partial charge on any atom is -0.503 e. The molecular weight excluding hydrogens is 426 g/mol. The molecular formula is C26H24ClNO4. The van der Waals surface area contributed by atoms with E-state index in [0.29, 0.717) is 35.1 Å². The Morgan fingerprint density at radius 2 is 1.62 bits per heavy atom. The molecule has 1 unspecified atom stereocenters. The molecule has 5 nitrogen and oxygen atoms in total. The van der Waals surface area contributed by atoms with Crippen LogP contribution in [0.1, 0.15) is 22.7 Å². The number of carbonyl (C=O) groups excluding carboxylic acids is 1. The van der Waals surface area contributed by atoms with Crippen molar-refractivity contribution in [3.05, 3.63) is 100 Å². The van der Waals surface area contributed by atoms with Crippen molar-refractivity contribution >= 4 is 23.1 Å². The van der Waals surface area contributed by atoms with E-state index >= 15 is 0 Å². The average molecular weight is 450 g/mol. The summed E-state index contributed by atoms with van der Waals surface area (Å²) in [6, 6.07) is 22.2. The molecule has 1 heterocycles. The maximum absolute atomic E-state index is 13.1. The molecule has 32 heavy (non-hydrogen) atoms. The van der Waals surface area contributed by atoms with E-state index in [9.17, 15) is 9.90 Å². The predicted octanol–water partition coefficient (Wildman–Crippen LogP) is 5.45.